The maximum atomic E-state index is 11.4. The molecule has 0 aromatic carbocycles. The number of ketones is 1. The van der Waals surface area contributed by atoms with Crippen molar-refractivity contribution in [2.75, 3.05) is 6.61 Å². The number of Topliss-reactive ketones (excluding diaryl/α,β-unsaturated/α-hetero) is 1. The minimum atomic E-state index is -0.0154. The van der Waals surface area contributed by atoms with Crippen LogP contribution in [0.15, 0.2) is 18.3 Å². The van der Waals surface area contributed by atoms with E-state index in [0.29, 0.717) is 23.6 Å². The van der Waals surface area contributed by atoms with Crippen LogP contribution in [0.4, 0.5) is 0 Å². The normalized spacial score (nSPS) is 10.0. The summed E-state index contributed by atoms with van der Waals surface area (Å²) in [6, 6.07) is 3.15. The first kappa shape index (κ1) is 10.2. The number of aromatic nitrogens is 1. The smallest absolute Gasteiger partial charge is 0.163 e. The number of pyridine rings is 1. The number of aliphatic hydroxyl groups excluding tert-OH is 1. The minimum Gasteiger partial charge on any atom is -0.396 e. The highest BCUT2D eigenvalue weighted by molar-refractivity contribution is 6.29. The Labute approximate surface area is 81.4 Å². The van der Waals surface area contributed by atoms with E-state index in [9.17, 15) is 4.79 Å². The Balaban J connectivity index is 2.66. The second-order valence-corrected chi connectivity index (χ2v) is 3.00. The Morgan fingerprint density at radius 1 is 1.62 bits per heavy atom. The Bertz CT molecular complexity index is 301. The largest absolute Gasteiger partial charge is 0.396 e. The lowest BCUT2D eigenvalue weighted by Gasteiger charge is -1.98. The fourth-order valence-electron chi connectivity index (χ4n) is 0.960. The van der Waals surface area contributed by atoms with Crippen LogP contribution in [0.25, 0.3) is 0 Å². The van der Waals surface area contributed by atoms with Gasteiger partial charge in [-0.2, -0.15) is 0 Å². The zero-order valence-corrected chi connectivity index (χ0v) is 7.79. The molecule has 0 radical (unpaired) electrons. The van der Waals surface area contributed by atoms with Gasteiger partial charge in [0.05, 0.1) is 0 Å². The summed E-state index contributed by atoms with van der Waals surface area (Å²) in [6.45, 7) is 0.0323. The van der Waals surface area contributed by atoms with Crippen molar-refractivity contribution in [1.82, 2.24) is 4.98 Å². The molecule has 1 aromatic heterocycles. The summed E-state index contributed by atoms with van der Waals surface area (Å²) >= 11 is 5.61. The predicted octanol–water partition coefficient (Wildman–Crippen LogP) is 1.69. The molecule has 0 aliphatic rings. The molecular formula is C9H10ClNO2. The molecule has 1 rings (SSSR count). The van der Waals surface area contributed by atoms with E-state index in [4.69, 9.17) is 16.7 Å². The van der Waals surface area contributed by atoms with E-state index in [-0.39, 0.29) is 12.4 Å². The first-order valence-electron chi connectivity index (χ1n) is 3.99. The Morgan fingerprint density at radius 3 is 3.00 bits per heavy atom. The number of nitrogens with zero attached hydrogens (tertiary/aromatic N) is 1. The highest BCUT2D eigenvalue weighted by Crippen LogP contribution is 2.09. The average molecular weight is 200 g/mol. The van der Waals surface area contributed by atoms with Gasteiger partial charge in [0, 0.05) is 24.8 Å². The van der Waals surface area contributed by atoms with Crippen molar-refractivity contribution in [1.29, 1.82) is 0 Å². The lowest BCUT2D eigenvalue weighted by molar-refractivity contribution is 0.0971. The SMILES string of the molecule is O=C(CCCO)c1ccnc(Cl)c1. The molecule has 0 saturated heterocycles. The third-order valence-corrected chi connectivity index (χ3v) is 1.82. The first-order valence-corrected chi connectivity index (χ1v) is 4.37. The van der Waals surface area contributed by atoms with Gasteiger partial charge >= 0.3 is 0 Å². The topological polar surface area (TPSA) is 50.2 Å². The Morgan fingerprint density at radius 2 is 2.38 bits per heavy atom. The van der Waals surface area contributed by atoms with Gasteiger partial charge in [-0.1, -0.05) is 11.6 Å². The quantitative estimate of drug-likeness (QED) is 0.593. The third-order valence-electron chi connectivity index (χ3n) is 1.61. The molecule has 4 heteroatoms. The van der Waals surface area contributed by atoms with Gasteiger partial charge in [0.1, 0.15) is 5.15 Å². The van der Waals surface area contributed by atoms with Gasteiger partial charge in [-0.05, 0) is 18.6 Å². The molecule has 0 atom stereocenters. The molecule has 1 aromatic rings. The summed E-state index contributed by atoms with van der Waals surface area (Å²) in [5.74, 6) is -0.0154. The molecular weight excluding hydrogens is 190 g/mol. The fraction of sp³-hybridized carbons (Fsp3) is 0.333. The van der Waals surface area contributed by atoms with Crippen molar-refractivity contribution >= 4 is 17.4 Å². The van der Waals surface area contributed by atoms with Crippen LogP contribution in [0.1, 0.15) is 23.2 Å². The number of carbonyl (C=O) groups excluding carboxylic acids is 1. The van der Waals surface area contributed by atoms with Gasteiger partial charge < -0.3 is 5.11 Å². The van der Waals surface area contributed by atoms with Crippen LogP contribution >= 0.6 is 11.6 Å². The summed E-state index contributed by atoms with van der Waals surface area (Å²) in [6.07, 6.45) is 2.32. The molecule has 0 bridgehead atoms. The molecule has 0 spiro atoms. The molecule has 3 nitrogen and oxygen atoms in total. The second-order valence-electron chi connectivity index (χ2n) is 2.62. The number of hydrogen-bond acceptors (Lipinski definition) is 3. The van der Waals surface area contributed by atoms with Crippen LogP contribution in [0.2, 0.25) is 5.15 Å². The van der Waals surface area contributed by atoms with E-state index in [1.807, 2.05) is 0 Å². The summed E-state index contributed by atoms with van der Waals surface area (Å²) < 4.78 is 0. The van der Waals surface area contributed by atoms with Crippen molar-refractivity contribution in [3.63, 3.8) is 0 Å². The van der Waals surface area contributed by atoms with Crippen LogP contribution in [-0.4, -0.2) is 22.5 Å². The van der Waals surface area contributed by atoms with E-state index >= 15 is 0 Å². The molecule has 0 fully saturated rings. The second kappa shape index (κ2) is 4.94. The third kappa shape index (κ3) is 3.13. The van der Waals surface area contributed by atoms with Gasteiger partial charge in [0.25, 0.3) is 0 Å². The minimum absolute atomic E-state index is 0.0154. The highest BCUT2D eigenvalue weighted by Gasteiger charge is 2.05. The monoisotopic (exact) mass is 199 g/mol. The van der Waals surface area contributed by atoms with Crippen molar-refractivity contribution in [3.05, 3.63) is 29.0 Å². The van der Waals surface area contributed by atoms with Crippen LogP contribution in [-0.2, 0) is 0 Å². The lowest BCUT2D eigenvalue weighted by Crippen LogP contribution is -2.00. The van der Waals surface area contributed by atoms with E-state index in [0.717, 1.165) is 0 Å². The van der Waals surface area contributed by atoms with Gasteiger partial charge in [0.15, 0.2) is 5.78 Å². The molecule has 1 heterocycles. The summed E-state index contributed by atoms with van der Waals surface area (Å²) in [5, 5.41) is 8.84. The lowest BCUT2D eigenvalue weighted by atomic mass is 10.1. The number of carbonyl (C=O) groups is 1. The molecule has 0 amide bonds. The fourth-order valence-corrected chi connectivity index (χ4v) is 1.13. The Hall–Kier alpha value is -0.930. The van der Waals surface area contributed by atoms with Crippen molar-refractivity contribution in [2.45, 2.75) is 12.8 Å². The number of halogens is 1. The van der Waals surface area contributed by atoms with E-state index < -0.39 is 0 Å². The summed E-state index contributed by atoms with van der Waals surface area (Å²) in [5.41, 5.74) is 0.549. The van der Waals surface area contributed by atoms with Crippen LogP contribution in [0.5, 0.6) is 0 Å². The molecule has 0 unspecified atom stereocenters. The van der Waals surface area contributed by atoms with Crippen molar-refractivity contribution in [3.8, 4) is 0 Å². The van der Waals surface area contributed by atoms with Crippen molar-refractivity contribution in [2.24, 2.45) is 0 Å². The highest BCUT2D eigenvalue weighted by atomic mass is 35.5. The average Bonchev–Trinajstić information content (AvgIpc) is 2.14. The number of hydrogen-bond donors (Lipinski definition) is 1. The number of aliphatic hydroxyl groups is 1. The van der Waals surface area contributed by atoms with Gasteiger partial charge in [-0.15, -0.1) is 0 Å². The van der Waals surface area contributed by atoms with Gasteiger partial charge in [-0.25, -0.2) is 4.98 Å². The van der Waals surface area contributed by atoms with Crippen molar-refractivity contribution < 1.29 is 9.90 Å². The number of rotatable bonds is 4. The van der Waals surface area contributed by atoms with Gasteiger partial charge in [0.2, 0.25) is 0 Å². The summed E-state index contributed by atoms with van der Waals surface area (Å²) in [7, 11) is 0. The Kier molecular flexibility index (Phi) is 3.86. The summed E-state index contributed by atoms with van der Waals surface area (Å²) in [4.78, 5) is 15.1. The maximum absolute atomic E-state index is 11.4. The molecule has 0 aliphatic heterocycles. The van der Waals surface area contributed by atoms with E-state index in [2.05, 4.69) is 4.98 Å². The van der Waals surface area contributed by atoms with Gasteiger partial charge in [-0.3, -0.25) is 4.79 Å². The van der Waals surface area contributed by atoms with E-state index in [1.165, 1.54) is 12.3 Å². The molecule has 0 saturated carbocycles. The standard InChI is InChI=1S/C9H10ClNO2/c10-9-6-7(3-4-11-9)8(13)2-1-5-12/h3-4,6,12H,1-2,5H2. The zero-order chi connectivity index (χ0) is 9.68. The van der Waals surface area contributed by atoms with Crippen LogP contribution in [0, 0.1) is 0 Å². The maximum Gasteiger partial charge on any atom is 0.163 e. The predicted molar refractivity (Wildman–Crippen MR) is 49.9 cm³/mol. The molecule has 0 aliphatic carbocycles. The van der Waals surface area contributed by atoms with E-state index in [1.54, 1.807) is 6.07 Å². The molecule has 70 valence electrons. The molecule has 13 heavy (non-hydrogen) atoms. The first-order chi connectivity index (χ1) is 6.24. The van der Waals surface area contributed by atoms with Crippen LogP contribution < -0.4 is 0 Å². The van der Waals surface area contributed by atoms with Crippen LogP contribution in [0.3, 0.4) is 0 Å². The molecule has 1 N–H and O–H groups in total. The zero-order valence-electron chi connectivity index (χ0n) is 7.03.